The fourth-order valence-corrected chi connectivity index (χ4v) is 1.95. The smallest absolute Gasteiger partial charge is 0.493 e. The van der Waals surface area contributed by atoms with E-state index < -0.39 is 17.9 Å². The molecular formula is C16H14F4O3. The van der Waals surface area contributed by atoms with Crippen molar-refractivity contribution in [1.29, 1.82) is 0 Å². The number of alkyl halides is 3. The van der Waals surface area contributed by atoms with E-state index in [2.05, 4.69) is 4.74 Å². The van der Waals surface area contributed by atoms with Gasteiger partial charge >= 0.3 is 6.36 Å². The van der Waals surface area contributed by atoms with Crippen molar-refractivity contribution in [3.05, 3.63) is 48.3 Å². The largest absolute Gasteiger partial charge is 0.573 e. The Balaban J connectivity index is 2.36. The van der Waals surface area contributed by atoms with Crippen LogP contribution in [0.25, 0.3) is 11.1 Å². The van der Waals surface area contributed by atoms with Gasteiger partial charge in [0.05, 0.1) is 6.61 Å². The first kappa shape index (κ1) is 17.1. The van der Waals surface area contributed by atoms with Crippen LogP contribution in [0.15, 0.2) is 42.5 Å². The first-order chi connectivity index (χ1) is 10.9. The number of hydrogen-bond donors (Lipinski definition) is 1. The Morgan fingerprint density at radius 3 is 2.48 bits per heavy atom. The highest BCUT2D eigenvalue weighted by Crippen LogP contribution is 2.36. The minimum Gasteiger partial charge on any atom is -0.493 e. The molecule has 0 unspecified atom stereocenters. The molecule has 1 N–H and O–H groups in total. The van der Waals surface area contributed by atoms with Gasteiger partial charge in [0.1, 0.15) is 17.3 Å². The summed E-state index contributed by atoms with van der Waals surface area (Å²) in [5.41, 5.74) is 0.350. The van der Waals surface area contributed by atoms with Crippen molar-refractivity contribution in [2.75, 3.05) is 13.2 Å². The van der Waals surface area contributed by atoms with Crippen LogP contribution in [0.2, 0.25) is 0 Å². The second-order valence-electron chi connectivity index (χ2n) is 4.64. The molecule has 0 aliphatic rings. The predicted molar refractivity (Wildman–Crippen MR) is 75.7 cm³/mol. The van der Waals surface area contributed by atoms with E-state index in [0.717, 1.165) is 12.1 Å². The summed E-state index contributed by atoms with van der Waals surface area (Å²) < 4.78 is 60.3. The molecule has 0 heterocycles. The second kappa shape index (κ2) is 7.32. The van der Waals surface area contributed by atoms with E-state index in [9.17, 15) is 17.6 Å². The van der Waals surface area contributed by atoms with Gasteiger partial charge in [-0.1, -0.05) is 12.1 Å². The van der Waals surface area contributed by atoms with Gasteiger partial charge in [-0.05, 0) is 29.8 Å². The Bertz CT molecular complexity index is 656. The maximum atomic E-state index is 13.3. The number of aliphatic hydroxyl groups is 1. The number of halogens is 4. The van der Waals surface area contributed by atoms with Gasteiger partial charge in [0.2, 0.25) is 0 Å². The van der Waals surface area contributed by atoms with Gasteiger partial charge in [0.25, 0.3) is 0 Å². The Morgan fingerprint density at radius 2 is 1.83 bits per heavy atom. The molecular weight excluding hydrogens is 316 g/mol. The summed E-state index contributed by atoms with van der Waals surface area (Å²) in [4.78, 5) is 0. The van der Waals surface area contributed by atoms with Gasteiger partial charge in [-0.15, -0.1) is 13.2 Å². The molecule has 0 amide bonds. The fraction of sp³-hybridized carbons (Fsp3) is 0.250. The highest BCUT2D eigenvalue weighted by molar-refractivity contribution is 5.71. The zero-order chi connectivity index (χ0) is 16.9. The molecule has 0 aliphatic carbocycles. The van der Waals surface area contributed by atoms with Gasteiger partial charge in [-0.25, -0.2) is 4.39 Å². The highest BCUT2D eigenvalue weighted by Gasteiger charge is 2.32. The molecule has 0 aromatic heterocycles. The molecule has 2 rings (SSSR count). The van der Waals surface area contributed by atoms with E-state index >= 15 is 0 Å². The van der Waals surface area contributed by atoms with E-state index in [1.54, 1.807) is 0 Å². The summed E-state index contributed by atoms with van der Waals surface area (Å²) in [5.74, 6) is -0.883. The van der Waals surface area contributed by atoms with Crippen molar-refractivity contribution in [2.45, 2.75) is 12.8 Å². The molecule has 0 saturated heterocycles. The summed E-state index contributed by atoms with van der Waals surface area (Å²) in [7, 11) is 0. The van der Waals surface area contributed by atoms with E-state index in [1.807, 2.05) is 0 Å². The number of rotatable bonds is 6. The molecule has 2 aromatic carbocycles. The average molecular weight is 330 g/mol. The lowest BCUT2D eigenvalue weighted by molar-refractivity contribution is -0.274. The van der Waals surface area contributed by atoms with Crippen LogP contribution in [0.3, 0.4) is 0 Å². The minimum atomic E-state index is -4.88. The van der Waals surface area contributed by atoms with Gasteiger partial charge in [-0.3, -0.25) is 0 Å². The SMILES string of the molecule is OCCCOc1ccc(-c2cccc(F)c2)c(OC(F)(F)F)c1. The summed E-state index contributed by atoms with van der Waals surface area (Å²) in [5, 5.41) is 8.68. The molecule has 3 nitrogen and oxygen atoms in total. The minimum absolute atomic E-state index is 0.0900. The van der Waals surface area contributed by atoms with Crippen LogP contribution in [-0.2, 0) is 0 Å². The lowest BCUT2D eigenvalue weighted by Crippen LogP contribution is -2.17. The first-order valence-corrected chi connectivity index (χ1v) is 6.78. The number of hydrogen-bond acceptors (Lipinski definition) is 3. The van der Waals surface area contributed by atoms with E-state index in [0.29, 0.717) is 6.42 Å². The van der Waals surface area contributed by atoms with Crippen molar-refractivity contribution < 1.29 is 32.1 Å². The average Bonchev–Trinajstić information content (AvgIpc) is 2.46. The molecule has 0 atom stereocenters. The maximum Gasteiger partial charge on any atom is 0.573 e. The van der Waals surface area contributed by atoms with Crippen LogP contribution in [0.1, 0.15) is 6.42 Å². The first-order valence-electron chi connectivity index (χ1n) is 6.78. The maximum absolute atomic E-state index is 13.3. The summed E-state index contributed by atoms with van der Waals surface area (Å²) >= 11 is 0. The van der Waals surface area contributed by atoms with Crippen molar-refractivity contribution in [2.24, 2.45) is 0 Å². The van der Waals surface area contributed by atoms with Crippen LogP contribution in [0.4, 0.5) is 17.6 Å². The zero-order valence-electron chi connectivity index (χ0n) is 11.9. The van der Waals surface area contributed by atoms with Crippen molar-refractivity contribution >= 4 is 0 Å². The van der Waals surface area contributed by atoms with Crippen molar-refractivity contribution in [3.63, 3.8) is 0 Å². The number of ether oxygens (including phenoxy) is 2. The molecule has 0 bridgehead atoms. The Labute approximate surface area is 130 Å². The highest BCUT2D eigenvalue weighted by atomic mass is 19.4. The molecule has 0 spiro atoms. The molecule has 2 aromatic rings. The summed E-state index contributed by atoms with van der Waals surface area (Å²) in [6, 6.07) is 9.10. The molecule has 7 heteroatoms. The van der Waals surface area contributed by atoms with Gasteiger partial charge in [-0.2, -0.15) is 0 Å². The van der Waals surface area contributed by atoms with Crippen LogP contribution < -0.4 is 9.47 Å². The zero-order valence-corrected chi connectivity index (χ0v) is 11.9. The third kappa shape index (κ3) is 5.14. The van der Waals surface area contributed by atoms with Crippen LogP contribution in [0, 0.1) is 5.82 Å². The quantitative estimate of drug-likeness (QED) is 0.639. The summed E-state index contributed by atoms with van der Waals surface area (Å²) in [6.45, 7) is 0.0640. The molecule has 124 valence electrons. The van der Waals surface area contributed by atoms with E-state index in [4.69, 9.17) is 9.84 Å². The molecule has 0 radical (unpaired) electrons. The van der Waals surface area contributed by atoms with Gasteiger partial charge < -0.3 is 14.6 Å². The van der Waals surface area contributed by atoms with Crippen LogP contribution in [-0.4, -0.2) is 24.7 Å². The van der Waals surface area contributed by atoms with Crippen LogP contribution in [0.5, 0.6) is 11.5 Å². The van der Waals surface area contributed by atoms with E-state index in [-0.39, 0.29) is 30.1 Å². The molecule has 0 aliphatic heterocycles. The molecule has 0 fully saturated rings. The number of aliphatic hydroxyl groups excluding tert-OH is 1. The van der Waals surface area contributed by atoms with Crippen LogP contribution >= 0.6 is 0 Å². The Kier molecular flexibility index (Phi) is 5.44. The predicted octanol–water partition coefficient (Wildman–Crippen LogP) is 4.15. The topological polar surface area (TPSA) is 38.7 Å². The van der Waals surface area contributed by atoms with Crippen molar-refractivity contribution in [3.8, 4) is 22.6 Å². The molecule has 0 saturated carbocycles. The standard InChI is InChI=1S/C16H14F4O3/c17-12-4-1-3-11(9-12)14-6-5-13(22-8-2-7-21)10-15(14)23-16(18,19)20/h1,3-6,9-10,21H,2,7-8H2. The third-order valence-corrected chi connectivity index (χ3v) is 2.89. The van der Waals surface area contributed by atoms with Crippen molar-refractivity contribution in [1.82, 2.24) is 0 Å². The normalized spacial score (nSPS) is 11.3. The third-order valence-electron chi connectivity index (χ3n) is 2.89. The lowest BCUT2D eigenvalue weighted by atomic mass is 10.0. The fourth-order valence-electron chi connectivity index (χ4n) is 1.95. The molecule has 23 heavy (non-hydrogen) atoms. The van der Waals surface area contributed by atoms with Gasteiger partial charge in [0.15, 0.2) is 0 Å². The number of benzene rings is 2. The van der Waals surface area contributed by atoms with E-state index in [1.165, 1.54) is 30.3 Å². The van der Waals surface area contributed by atoms with Gasteiger partial charge in [0, 0.05) is 24.7 Å². The summed E-state index contributed by atoms with van der Waals surface area (Å²) in [6.07, 6.45) is -4.53. The lowest BCUT2D eigenvalue weighted by Gasteiger charge is -2.15. The Morgan fingerprint density at radius 1 is 1.04 bits per heavy atom. The monoisotopic (exact) mass is 330 g/mol. The Hall–Kier alpha value is -2.28. The second-order valence-corrected chi connectivity index (χ2v) is 4.64.